The lowest BCUT2D eigenvalue weighted by Crippen LogP contribution is -2.39. The molecule has 4 atom stereocenters. The highest BCUT2D eigenvalue weighted by molar-refractivity contribution is 5.91. The third kappa shape index (κ3) is 1.03. The molecule has 1 spiro atoms. The summed E-state index contributed by atoms with van der Waals surface area (Å²) in [6, 6.07) is 0.327. The molecule has 0 unspecified atom stereocenters. The molecule has 2 bridgehead atoms. The molecule has 90 valence electrons. The van der Waals surface area contributed by atoms with E-state index >= 15 is 0 Å². The molecule has 3 aliphatic heterocycles. The minimum atomic E-state index is -0.919. The van der Waals surface area contributed by atoms with Gasteiger partial charge in [-0.1, -0.05) is 12.2 Å². The zero-order chi connectivity index (χ0) is 11.8. The largest absolute Gasteiger partial charge is 0.481 e. The smallest absolute Gasteiger partial charge is 0.310 e. The monoisotopic (exact) mass is 235 g/mol. The average Bonchev–Trinajstić information content (AvgIpc) is 2.89. The fourth-order valence-corrected chi connectivity index (χ4v) is 3.51. The van der Waals surface area contributed by atoms with E-state index in [1.807, 2.05) is 11.0 Å². The molecule has 5 heteroatoms. The molecule has 5 nitrogen and oxygen atoms in total. The maximum Gasteiger partial charge on any atom is 0.310 e. The summed E-state index contributed by atoms with van der Waals surface area (Å²) in [5, 5.41) is 9.25. The van der Waals surface area contributed by atoms with Gasteiger partial charge in [-0.15, -0.1) is 0 Å². The number of carboxylic acid groups (broad SMARTS) is 1. The SMILES string of the molecule is O=C(O)[C@@H]1[C@H]2C(=O)N(C3CC3)C[C@]23C=C[C@H]1O3. The lowest BCUT2D eigenvalue weighted by molar-refractivity contribution is -0.148. The van der Waals surface area contributed by atoms with Crippen molar-refractivity contribution in [3.8, 4) is 0 Å². The number of aliphatic carboxylic acids is 1. The van der Waals surface area contributed by atoms with E-state index in [2.05, 4.69) is 0 Å². The van der Waals surface area contributed by atoms with Crippen LogP contribution in [-0.2, 0) is 14.3 Å². The van der Waals surface area contributed by atoms with Crippen molar-refractivity contribution in [2.45, 2.75) is 30.6 Å². The Labute approximate surface area is 98.0 Å². The van der Waals surface area contributed by atoms with Crippen molar-refractivity contribution >= 4 is 11.9 Å². The summed E-state index contributed by atoms with van der Waals surface area (Å²) in [6.07, 6.45) is 5.38. The van der Waals surface area contributed by atoms with Gasteiger partial charge in [0.2, 0.25) is 5.91 Å². The third-order valence-electron chi connectivity index (χ3n) is 4.40. The van der Waals surface area contributed by atoms with Gasteiger partial charge >= 0.3 is 5.97 Å². The van der Waals surface area contributed by atoms with Gasteiger partial charge in [-0.25, -0.2) is 0 Å². The van der Waals surface area contributed by atoms with Crippen LogP contribution in [0.1, 0.15) is 12.8 Å². The van der Waals surface area contributed by atoms with E-state index in [1.54, 1.807) is 6.08 Å². The van der Waals surface area contributed by atoms with E-state index < -0.39 is 29.5 Å². The molecule has 4 aliphatic rings. The maximum atomic E-state index is 12.3. The molecule has 2 saturated heterocycles. The molecule has 4 rings (SSSR count). The Hall–Kier alpha value is -1.36. The zero-order valence-electron chi connectivity index (χ0n) is 9.20. The van der Waals surface area contributed by atoms with Gasteiger partial charge < -0.3 is 14.7 Å². The van der Waals surface area contributed by atoms with Gasteiger partial charge in [0, 0.05) is 6.04 Å². The molecule has 0 aromatic rings. The second kappa shape index (κ2) is 2.72. The standard InChI is InChI=1S/C12H13NO4/c14-10-9-8(11(15)16)7-3-4-12(9,17-7)5-13(10)6-1-2-6/h3-4,6-9H,1-2,5H2,(H,15,16)/t7-,8+,9+,12-/m1/s1. The molecule has 0 radical (unpaired) electrons. The second-order valence-electron chi connectivity index (χ2n) is 5.44. The Morgan fingerprint density at radius 3 is 2.94 bits per heavy atom. The van der Waals surface area contributed by atoms with Crippen molar-refractivity contribution < 1.29 is 19.4 Å². The number of carbonyl (C=O) groups is 2. The van der Waals surface area contributed by atoms with Gasteiger partial charge in [0.05, 0.1) is 18.6 Å². The number of rotatable bonds is 2. The van der Waals surface area contributed by atoms with E-state index in [1.165, 1.54) is 0 Å². The number of nitrogens with zero attached hydrogens (tertiary/aromatic N) is 1. The van der Waals surface area contributed by atoms with Crippen molar-refractivity contribution in [3.63, 3.8) is 0 Å². The minimum Gasteiger partial charge on any atom is -0.481 e. The van der Waals surface area contributed by atoms with Crippen LogP contribution in [0.2, 0.25) is 0 Å². The van der Waals surface area contributed by atoms with Crippen LogP contribution in [-0.4, -0.2) is 46.2 Å². The molecule has 1 amide bonds. The number of hydrogen-bond acceptors (Lipinski definition) is 3. The van der Waals surface area contributed by atoms with E-state index in [4.69, 9.17) is 4.74 Å². The predicted molar refractivity (Wildman–Crippen MR) is 56.1 cm³/mol. The van der Waals surface area contributed by atoms with Gasteiger partial charge in [-0.3, -0.25) is 9.59 Å². The van der Waals surface area contributed by atoms with Crippen LogP contribution in [0.25, 0.3) is 0 Å². The number of fused-ring (bicyclic) bond motifs is 1. The molecule has 0 aromatic carbocycles. The Bertz CT molecular complexity index is 455. The molecule has 3 heterocycles. The molecular formula is C12H13NO4. The van der Waals surface area contributed by atoms with Crippen molar-refractivity contribution in [2.75, 3.05) is 6.54 Å². The van der Waals surface area contributed by atoms with E-state index in [0.717, 1.165) is 12.8 Å². The zero-order valence-corrected chi connectivity index (χ0v) is 9.20. The number of likely N-dealkylation sites (tertiary alicyclic amines) is 1. The normalized spacial score (nSPS) is 46.7. The Morgan fingerprint density at radius 2 is 2.29 bits per heavy atom. The highest BCUT2D eigenvalue weighted by atomic mass is 16.5. The molecular weight excluding hydrogens is 222 g/mol. The highest BCUT2D eigenvalue weighted by Crippen LogP contribution is 2.53. The average molecular weight is 235 g/mol. The van der Waals surface area contributed by atoms with Crippen molar-refractivity contribution in [1.29, 1.82) is 0 Å². The van der Waals surface area contributed by atoms with Crippen LogP contribution >= 0.6 is 0 Å². The molecule has 1 N–H and O–H groups in total. The van der Waals surface area contributed by atoms with Gasteiger partial charge in [0.15, 0.2) is 0 Å². The van der Waals surface area contributed by atoms with E-state index in [9.17, 15) is 14.7 Å². The topological polar surface area (TPSA) is 66.8 Å². The van der Waals surface area contributed by atoms with E-state index in [-0.39, 0.29) is 5.91 Å². The first-order chi connectivity index (χ1) is 8.12. The number of hydrogen-bond donors (Lipinski definition) is 1. The van der Waals surface area contributed by atoms with Crippen molar-refractivity contribution in [1.82, 2.24) is 4.90 Å². The van der Waals surface area contributed by atoms with Crippen molar-refractivity contribution in [2.24, 2.45) is 11.8 Å². The molecule has 1 saturated carbocycles. The molecule has 17 heavy (non-hydrogen) atoms. The quantitative estimate of drug-likeness (QED) is 0.685. The van der Waals surface area contributed by atoms with Gasteiger partial charge in [-0.2, -0.15) is 0 Å². The number of amides is 1. The first-order valence-electron chi connectivity index (χ1n) is 6.03. The van der Waals surface area contributed by atoms with Gasteiger partial charge in [0.25, 0.3) is 0 Å². The summed E-state index contributed by atoms with van der Waals surface area (Å²) >= 11 is 0. The highest BCUT2D eigenvalue weighted by Gasteiger charge is 2.68. The number of carbonyl (C=O) groups excluding carboxylic acids is 1. The second-order valence-corrected chi connectivity index (χ2v) is 5.44. The third-order valence-corrected chi connectivity index (χ3v) is 4.40. The first kappa shape index (κ1) is 9.65. The summed E-state index contributed by atoms with van der Waals surface area (Å²) in [7, 11) is 0. The summed E-state index contributed by atoms with van der Waals surface area (Å²) < 4.78 is 5.78. The van der Waals surface area contributed by atoms with Crippen LogP contribution in [0, 0.1) is 11.8 Å². The molecule has 0 aromatic heterocycles. The predicted octanol–water partition coefficient (Wildman–Crippen LogP) is 0.0154. The van der Waals surface area contributed by atoms with Crippen LogP contribution < -0.4 is 0 Å². The van der Waals surface area contributed by atoms with Crippen LogP contribution in [0.5, 0.6) is 0 Å². The Morgan fingerprint density at radius 1 is 1.53 bits per heavy atom. The number of carboxylic acids is 1. The fraction of sp³-hybridized carbons (Fsp3) is 0.667. The maximum absolute atomic E-state index is 12.3. The van der Waals surface area contributed by atoms with Crippen LogP contribution in [0.15, 0.2) is 12.2 Å². The summed E-state index contributed by atoms with van der Waals surface area (Å²) in [4.78, 5) is 25.4. The molecule has 1 aliphatic carbocycles. The van der Waals surface area contributed by atoms with Crippen molar-refractivity contribution in [3.05, 3.63) is 12.2 Å². The van der Waals surface area contributed by atoms with Crippen LogP contribution in [0.4, 0.5) is 0 Å². The summed E-state index contributed by atoms with van der Waals surface area (Å²) in [5.41, 5.74) is -0.645. The Balaban J connectivity index is 1.76. The van der Waals surface area contributed by atoms with Gasteiger partial charge in [0.1, 0.15) is 11.5 Å². The number of ether oxygens (including phenoxy) is 1. The van der Waals surface area contributed by atoms with E-state index in [0.29, 0.717) is 12.6 Å². The lowest BCUT2D eigenvalue weighted by atomic mass is 9.77. The fourth-order valence-electron chi connectivity index (χ4n) is 3.51. The summed E-state index contributed by atoms with van der Waals surface area (Å²) in [6.45, 7) is 0.540. The van der Waals surface area contributed by atoms with Gasteiger partial charge in [-0.05, 0) is 12.8 Å². The first-order valence-corrected chi connectivity index (χ1v) is 6.03. The molecule has 3 fully saturated rings. The summed E-state index contributed by atoms with van der Waals surface area (Å²) in [5.74, 6) is -2.14. The van der Waals surface area contributed by atoms with Crippen LogP contribution in [0.3, 0.4) is 0 Å². The minimum absolute atomic E-state index is 0.0215. The Kier molecular flexibility index (Phi) is 1.54. The lowest BCUT2D eigenvalue weighted by Gasteiger charge is -2.21.